The molecule has 0 atom stereocenters. The average molecular weight is 410 g/mol. The molecule has 1 aliphatic heterocycles. The van der Waals surface area contributed by atoms with Crippen LogP contribution in [-0.2, 0) is 22.5 Å². The molecule has 1 aromatic heterocycles. The van der Waals surface area contributed by atoms with E-state index in [0.717, 1.165) is 49.1 Å². The van der Waals surface area contributed by atoms with Gasteiger partial charge in [0.15, 0.2) is 0 Å². The summed E-state index contributed by atoms with van der Waals surface area (Å²) in [5.41, 5.74) is 3.44. The molecule has 4 rings (SSSR count). The number of nitrogens with zero attached hydrogens (tertiary/aromatic N) is 2. The zero-order valence-corrected chi connectivity index (χ0v) is 16.8. The van der Waals surface area contributed by atoms with Crippen LogP contribution in [0.5, 0.6) is 5.75 Å². The Bertz CT molecular complexity index is 983. The first-order valence-corrected chi connectivity index (χ1v) is 10.5. The average Bonchev–Trinajstić information content (AvgIpc) is 3.19. The second-order valence-electron chi connectivity index (χ2n) is 6.97. The fourth-order valence-corrected chi connectivity index (χ4v) is 4.10. The van der Waals surface area contributed by atoms with E-state index < -0.39 is 0 Å². The molecule has 0 saturated carbocycles. The lowest BCUT2D eigenvalue weighted by Gasteiger charge is -2.26. The molecule has 0 radical (unpaired) electrons. The first kappa shape index (κ1) is 19.6. The molecule has 0 bridgehead atoms. The van der Waals surface area contributed by atoms with Gasteiger partial charge in [0, 0.05) is 30.6 Å². The van der Waals surface area contributed by atoms with Gasteiger partial charge in [0.1, 0.15) is 10.8 Å². The van der Waals surface area contributed by atoms with Crippen LogP contribution < -0.4 is 5.32 Å². The van der Waals surface area contributed by atoms with Gasteiger partial charge < -0.3 is 15.2 Å². The number of nitrogens with one attached hydrogen (secondary N) is 1. The summed E-state index contributed by atoms with van der Waals surface area (Å²) >= 11 is 1.53. The molecule has 1 fully saturated rings. The number of hydrogen-bond acceptors (Lipinski definition) is 6. The molecule has 3 aromatic rings. The quantitative estimate of drug-likeness (QED) is 0.609. The second kappa shape index (κ2) is 9.17. The van der Waals surface area contributed by atoms with Gasteiger partial charge in [0.2, 0.25) is 5.91 Å². The normalized spacial score (nSPS) is 14.6. The SMILES string of the molecule is O=C(Cc1csc(-c2cccc(CN3CCOCC3)c2)n1)Nc1ccccc1O. The van der Waals surface area contributed by atoms with Crippen LogP contribution in [0, 0.1) is 0 Å². The summed E-state index contributed by atoms with van der Waals surface area (Å²) in [4.78, 5) is 19.3. The number of aromatic hydroxyl groups is 1. The molecule has 2 heterocycles. The molecule has 150 valence electrons. The van der Waals surface area contributed by atoms with E-state index in [1.807, 2.05) is 11.4 Å². The molecule has 6 nitrogen and oxygen atoms in total. The number of para-hydroxylation sites is 2. The highest BCUT2D eigenvalue weighted by molar-refractivity contribution is 7.13. The first-order chi connectivity index (χ1) is 14.2. The lowest BCUT2D eigenvalue weighted by molar-refractivity contribution is -0.115. The Labute approximate surface area is 173 Å². The van der Waals surface area contributed by atoms with Crippen molar-refractivity contribution in [1.82, 2.24) is 9.88 Å². The summed E-state index contributed by atoms with van der Waals surface area (Å²) in [5.74, 6) is -0.152. The number of ether oxygens (including phenoxy) is 1. The highest BCUT2D eigenvalue weighted by Gasteiger charge is 2.13. The number of aromatic nitrogens is 1. The van der Waals surface area contributed by atoms with E-state index in [9.17, 15) is 9.90 Å². The number of phenols is 1. The van der Waals surface area contributed by atoms with Gasteiger partial charge in [0.25, 0.3) is 0 Å². The maximum Gasteiger partial charge on any atom is 0.230 e. The van der Waals surface area contributed by atoms with E-state index in [0.29, 0.717) is 5.69 Å². The van der Waals surface area contributed by atoms with E-state index >= 15 is 0 Å². The third-order valence-corrected chi connectivity index (χ3v) is 5.70. The molecular formula is C22H23N3O3S. The number of morpholine rings is 1. The van der Waals surface area contributed by atoms with Crippen molar-refractivity contribution >= 4 is 22.9 Å². The number of anilines is 1. The van der Waals surface area contributed by atoms with Crippen LogP contribution in [-0.4, -0.2) is 47.2 Å². The Kier molecular flexibility index (Phi) is 6.19. The van der Waals surface area contributed by atoms with Crippen LogP contribution in [0.1, 0.15) is 11.3 Å². The number of hydrogen-bond donors (Lipinski definition) is 2. The number of thiazole rings is 1. The predicted molar refractivity (Wildman–Crippen MR) is 114 cm³/mol. The van der Waals surface area contributed by atoms with Gasteiger partial charge in [-0.1, -0.05) is 30.3 Å². The van der Waals surface area contributed by atoms with Crippen molar-refractivity contribution in [2.75, 3.05) is 31.6 Å². The smallest absolute Gasteiger partial charge is 0.230 e. The number of benzene rings is 2. The Morgan fingerprint density at radius 1 is 1.17 bits per heavy atom. The Morgan fingerprint density at radius 3 is 2.83 bits per heavy atom. The molecule has 1 amide bonds. The Morgan fingerprint density at radius 2 is 2.00 bits per heavy atom. The number of rotatable bonds is 6. The number of amides is 1. The molecule has 1 aliphatic rings. The monoisotopic (exact) mass is 409 g/mol. The summed E-state index contributed by atoms with van der Waals surface area (Å²) < 4.78 is 5.41. The van der Waals surface area contributed by atoms with Crippen LogP contribution in [0.4, 0.5) is 5.69 Å². The van der Waals surface area contributed by atoms with Crippen molar-refractivity contribution < 1.29 is 14.6 Å². The van der Waals surface area contributed by atoms with Crippen LogP contribution in [0.25, 0.3) is 10.6 Å². The van der Waals surface area contributed by atoms with Crippen molar-refractivity contribution in [3.8, 4) is 16.3 Å². The summed E-state index contributed by atoms with van der Waals surface area (Å²) in [7, 11) is 0. The minimum Gasteiger partial charge on any atom is -0.506 e. The van der Waals surface area contributed by atoms with Crippen molar-refractivity contribution in [3.05, 3.63) is 65.2 Å². The molecule has 29 heavy (non-hydrogen) atoms. The van der Waals surface area contributed by atoms with Crippen LogP contribution in [0.2, 0.25) is 0 Å². The largest absolute Gasteiger partial charge is 0.506 e. The highest BCUT2D eigenvalue weighted by Crippen LogP contribution is 2.26. The highest BCUT2D eigenvalue weighted by atomic mass is 32.1. The van der Waals surface area contributed by atoms with Crippen molar-refractivity contribution in [1.29, 1.82) is 0 Å². The second-order valence-corrected chi connectivity index (χ2v) is 7.83. The third-order valence-electron chi connectivity index (χ3n) is 4.76. The molecular weight excluding hydrogens is 386 g/mol. The predicted octanol–water partition coefficient (Wildman–Crippen LogP) is 3.53. The topological polar surface area (TPSA) is 74.7 Å². The zero-order chi connectivity index (χ0) is 20.1. The lowest BCUT2D eigenvalue weighted by atomic mass is 10.1. The molecule has 2 aromatic carbocycles. The molecule has 0 spiro atoms. The van der Waals surface area contributed by atoms with E-state index in [-0.39, 0.29) is 18.1 Å². The van der Waals surface area contributed by atoms with E-state index in [2.05, 4.69) is 33.4 Å². The fourth-order valence-electron chi connectivity index (χ4n) is 3.28. The van der Waals surface area contributed by atoms with Crippen molar-refractivity contribution in [2.24, 2.45) is 0 Å². The molecule has 2 N–H and O–H groups in total. The van der Waals surface area contributed by atoms with Gasteiger partial charge in [-0.2, -0.15) is 0 Å². The molecule has 7 heteroatoms. The van der Waals surface area contributed by atoms with Gasteiger partial charge in [0.05, 0.1) is 31.0 Å². The van der Waals surface area contributed by atoms with E-state index in [1.165, 1.54) is 16.9 Å². The van der Waals surface area contributed by atoms with Crippen LogP contribution in [0.3, 0.4) is 0 Å². The maximum absolute atomic E-state index is 12.3. The van der Waals surface area contributed by atoms with Crippen molar-refractivity contribution in [2.45, 2.75) is 13.0 Å². The summed E-state index contributed by atoms with van der Waals surface area (Å²) in [6.45, 7) is 4.39. The minimum absolute atomic E-state index is 0.0527. The summed E-state index contributed by atoms with van der Waals surface area (Å²) in [6.07, 6.45) is 0.165. The van der Waals surface area contributed by atoms with E-state index in [1.54, 1.807) is 24.3 Å². The lowest BCUT2D eigenvalue weighted by Crippen LogP contribution is -2.35. The number of phenolic OH excluding ortho intramolecular Hbond substituents is 1. The molecule has 0 aliphatic carbocycles. The number of carbonyl (C=O) groups is 1. The van der Waals surface area contributed by atoms with Crippen molar-refractivity contribution in [3.63, 3.8) is 0 Å². The molecule has 0 unspecified atom stereocenters. The minimum atomic E-state index is -0.204. The zero-order valence-electron chi connectivity index (χ0n) is 16.0. The number of carbonyl (C=O) groups excluding carboxylic acids is 1. The first-order valence-electron chi connectivity index (χ1n) is 9.59. The van der Waals surface area contributed by atoms with Crippen LogP contribution in [0.15, 0.2) is 53.9 Å². The van der Waals surface area contributed by atoms with E-state index in [4.69, 9.17) is 4.74 Å². The standard InChI is InChI=1S/C22H23N3O3S/c26-20-7-2-1-6-19(20)24-21(27)13-18-15-29-22(23-18)17-5-3-4-16(12-17)14-25-8-10-28-11-9-25/h1-7,12,15,26H,8-11,13-14H2,(H,24,27). The fraction of sp³-hybridized carbons (Fsp3) is 0.273. The van der Waals surface area contributed by atoms with Gasteiger partial charge in [-0.05, 0) is 23.8 Å². The van der Waals surface area contributed by atoms with Crippen LogP contribution >= 0.6 is 11.3 Å². The Balaban J connectivity index is 1.40. The third kappa shape index (κ3) is 5.20. The van der Waals surface area contributed by atoms with Gasteiger partial charge in [-0.15, -0.1) is 11.3 Å². The maximum atomic E-state index is 12.3. The summed E-state index contributed by atoms with van der Waals surface area (Å²) in [6, 6.07) is 15.1. The van der Waals surface area contributed by atoms with Gasteiger partial charge in [-0.25, -0.2) is 4.98 Å². The summed E-state index contributed by atoms with van der Waals surface area (Å²) in [5, 5.41) is 15.3. The van der Waals surface area contributed by atoms with Gasteiger partial charge in [-0.3, -0.25) is 9.69 Å². The molecule has 1 saturated heterocycles. The Hall–Kier alpha value is -2.74. The van der Waals surface area contributed by atoms with Gasteiger partial charge >= 0.3 is 0 Å².